The number of ether oxygens (including phenoxy) is 1. The van der Waals surface area contributed by atoms with Crippen molar-refractivity contribution in [2.24, 2.45) is 5.41 Å². The number of anilines is 1. The molecule has 0 unspecified atom stereocenters. The number of benzene rings is 2. The molecule has 0 aliphatic carbocycles. The van der Waals surface area contributed by atoms with E-state index in [1.807, 2.05) is 51.1 Å². The first-order valence-corrected chi connectivity index (χ1v) is 12.6. The Bertz CT molecular complexity index is 1900. The van der Waals surface area contributed by atoms with Gasteiger partial charge in [0.15, 0.2) is 5.82 Å². The number of aromatic nitrogens is 6. The maximum absolute atomic E-state index is 14.3. The second-order valence-electron chi connectivity index (χ2n) is 10.5. The van der Waals surface area contributed by atoms with E-state index in [1.165, 1.54) is 19.2 Å². The number of pyridine rings is 2. The minimum Gasteiger partial charge on any atom is -0.497 e. The van der Waals surface area contributed by atoms with Gasteiger partial charge in [-0.25, -0.2) is 9.37 Å². The number of carbonyl (C=O) groups is 1. The Kier molecular flexibility index (Phi) is 6.02. The number of aromatic amines is 2. The summed E-state index contributed by atoms with van der Waals surface area (Å²) in [5.41, 5.74) is 5.70. The molecule has 2 aromatic carbocycles. The lowest BCUT2D eigenvalue weighted by Gasteiger charge is -2.17. The lowest BCUT2D eigenvalue weighted by Crippen LogP contribution is -2.27. The molecule has 6 aromatic rings. The largest absolute Gasteiger partial charge is 0.497 e. The number of amides is 1. The fraction of sp³-hybridized carbons (Fsp3) is 0.167. The summed E-state index contributed by atoms with van der Waals surface area (Å²) in [6, 6.07) is 14.0. The molecule has 3 N–H and O–H groups in total. The van der Waals surface area contributed by atoms with Crippen molar-refractivity contribution < 1.29 is 13.9 Å². The number of carbonyl (C=O) groups excluding carboxylic acids is 1. The highest BCUT2D eigenvalue weighted by Gasteiger charge is 2.22. The summed E-state index contributed by atoms with van der Waals surface area (Å²) >= 11 is 0. The number of hydrogen-bond donors (Lipinski definition) is 3. The van der Waals surface area contributed by atoms with Crippen molar-refractivity contribution in [3.8, 4) is 39.7 Å². The van der Waals surface area contributed by atoms with Crippen LogP contribution in [0.5, 0.6) is 5.75 Å². The van der Waals surface area contributed by atoms with Gasteiger partial charge in [0.1, 0.15) is 17.3 Å². The predicted molar refractivity (Wildman–Crippen MR) is 152 cm³/mol. The number of H-pyrrole nitrogens is 2. The lowest BCUT2D eigenvalue weighted by molar-refractivity contribution is -0.123. The first kappa shape index (κ1) is 25.2. The Labute approximate surface area is 228 Å². The van der Waals surface area contributed by atoms with Crippen molar-refractivity contribution in [1.29, 1.82) is 0 Å². The Morgan fingerprint density at radius 2 is 1.85 bits per heavy atom. The molecule has 0 fully saturated rings. The van der Waals surface area contributed by atoms with Crippen LogP contribution in [-0.4, -0.2) is 43.2 Å². The van der Waals surface area contributed by atoms with Gasteiger partial charge in [0.2, 0.25) is 5.91 Å². The molecular formula is C30H26FN7O2. The zero-order chi connectivity index (χ0) is 28.0. The summed E-state index contributed by atoms with van der Waals surface area (Å²) in [7, 11) is 1.51. The highest BCUT2D eigenvalue weighted by atomic mass is 19.1. The minimum absolute atomic E-state index is 0.104. The summed E-state index contributed by atoms with van der Waals surface area (Å²) < 4.78 is 19.5. The molecule has 0 aliphatic rings. The van der Waals surface area contributed by atoms with E-state index in [2.05, 4.69) is 30.5 Å². The molecule has 9 nitrogen and oxygen atoms in total. The Morgan fingerprint density at radius 1 is 1.00 bits per heavy atom. The van der Waals surface area contributed by atoms with Crippen LogP contribution in [-0.2, 0) is 4.79 Å². The van der Waals surface area contributed by atoms with Crippen molar-refractivity contribution in [1.82, 2.24) is 30.1 Å². The van der Waals surface area contributed by atoms with Gasteiger partial charge in [-0.15, -0.1) is 0 Å². The van der Waals surface area contributed by atoms with Crippen LogP contribution in [0.4, 0.5) is 10.1 Å². The van der Waals surface area contributed by atoms with E-state index in [0.29, 0.717) is 39.7 Å². The number of fused-ring (bicyclic) bond motifs is 2. The lowest BCUT2D eigenvalue weighted by atomic mass is 9.95. The third-order valence-electron chi connectivity index (χ3n) is 6.58. The Morgan fingerprint density at radius 3 is 2.65 bits per heavy atom. The number of para-hydroxylation sites is 1. The number of rotatable bonds is 5. The van der Waals surface area contributed by atoms with Gasteiger partial charge in [0, 0.05) is 34.2 Å². The molecule has 0 bridgehead atoms. The molecule has 4 aromatic heterocycles. The van der Waals surface area contributed by atoms with Crippen LogP contribution in [0, 0.1) is 11.2 Å². The number of halogens is 1. The molecule has 200 valence electrons. The molecular weight excluding hydrogens is 509 g/mol. The fourth-order valence-corrected chi connectivity index (χ4v) is 4.44. The van der Waals surface area contributed by atoms with Gasteiger partial charge in [0.05, 0.1) is 47.4 Å². The van der Waals surface area contributed by atoms with E-state index in [0.717, 1.165) is 27.5 Å². The maximum atomic E-state index is 14.3. The van der Waals surface area contributed by atoms with E-state index in [1.54, 1.807) is 24.7 Å². The molecule has 0 atom stereocenters. The molecule has 0 aliphatic heterocycles. The Hall–Kier alpha value is -5.12. The standard InChI is InChI=1S/C30H26FN7O2/c1-30(2,3)29(39)34-19-9-17(13-32-14-19)24-12-22-25(15-33-24)37-38-27(22)28-35-23-7-5-6-21(26(23)36-28)16-8-18(31)11-20(10-16)40-4/h5-15H,1-4H3,(H,34,39)(H,35,36)(H,37,38). The first-order valence-electron chi connectivity index (χ1n) is 12.6. The number of imidazole rings is 1. The van der Waals surface area contributed by atoms with Crippen molar-refractivity contribution in [2.45, 2.75) is 20.8 Å². The van der Waals surface area contributed by atoms with Crippen molar-refractivity contribution in [3.63, 3.8) is 0 Å². The summed E-state index contributed by atoms with van der Waals surface area (Å²) in [5.74, 6) is 0.487. The van der Waals surface area contributed by atoms with Crippen LogP contribution >= 0.6 is 0 Å². The molecule has 0 radical (unpaired) electrons. The monoisotopic (exact) mass is 535 g/mol. The normalized spacial score (nSPS) is 11.7. The number of methoxy groups -OCH3 is 1. The second-order valence-corrected chi connectivity index (χ2v) is 10.5. The predicted octanol–water partition coefficient (Wildman–Crippen LogP) is 6.36. The van der Waals surface area contributed by atoms with Crippen LogP contribution in [0.3, 0.4) is 0 Å². The zero-order valence-electron chi connectivity index (χ0n) is 22.3. The third-order valence-corrected chi connectivity index (χ3v) is 6.58. The highest BCUT2D eigenvalue weighted by molar-refractivity contribution is 5.98. The average molecular weight is 536 g/mol. The third kappa shape index (κ3) is 4.64. The summed E-state index contributed by atoms with van der Waals surface area (Å²) in [6.07, 6.45) is 5.01. The average Bonchev–Trinajstić information content (AvgIpc) is 3.56. The molecule has 4 heterocycles. The van der Waals surface area contributed by atoms with Crippen molar-refractivity contribution in [3.05, 3.63) is 72.9 Å². The van der Waals surface area contributed by atoms with E-state index < -0.39 is 11.2 Å². The first-order chi connectivity index (χ1) is 19.2. The minimum atomic E-state index is -0.536. The van der Waals surface area contributed by atoms with Gasteiger partial charge in [-0.2, -0.15) is 5.10 Å². The van der Waals surface area contributed by atoms with E-state index in [9.17, 15) is 9.18 Å². The van der Waals surface area contributed by atoms with E-state index >= 15 is 0 Å². The molecule has 1 amide bonds. The summed E-state index contributed by atoms with van der Waals surface area (Å²) in [6.45, 7) is 5.56. The highest BCUT2D eigenvalue weighted by Crippen LogP contribution is 2.34. The number of nitrogens with one attached hydrogen (secondary N) is 3. The molecule has 40 heavy (non-hydrogen) atoms. The van der Waals surface area contributed by atoms with Gasteiger partial charge >= 0.3 is 0 Å². The maximum Gasteiger partial charge on any atom is 0.229 e. The molecule has 6 rings (SSSR count). The molecule has 10 heteroatoms. The van der Waals surface area contributed by atoms with Gasteiger partial charge in [-0.05, 0) is 35.9 Å². The summed E-state index contributed by atoms with van der Waals surface area (Å²) in [4.78, 5) is 29.5. The van der Waals surface area contributed by atoms with Crippen molar-refractivity contribution in [2.75, 3.05) is 12.4 Å². The van der Waals surface area contributed by atoms with Crippen LogP contribution in [0.1, 0.15) is 20.8 Å². The van der Waals surface area contributed by atoms with Gasteiger partial charge in [-0.1, -0.05) is 32.9 Å². The van der Waals surface area contributed by atoms with Crippen LogP contribution < -0.4 is 10.1 Å². The van der Waals surface area contributed by atoms with Crippen molar-refractivity contribution >= 4 is 33.5 Å². The summed E-state index contributed by atoms with van der Waals surface area (Å²) in [5, 5.41) is 11.3. The topological polar surface area (TPSA) is 121 Å². The van der Waals surface area contributed by atoms with E-state index in [-0.39, 0.29) is 5.91 Å². The second kappa shape index (κ2) is 9.57. The Balaban J connectivity index is 1.40. The molecule has 0 spiro atoms. The molecule has 0 saturated heterocycles. The smallest absolute Gasteiger partial charge is 0.229 e. The van der Waals surface area contributed by atoms with Crippen LogP contribution in [0.15, 0.2) is 67.1 Å². The van der Waals surface area contributed by atoms with Gasteiger partial charge < -0.3 is 15.0 Å². The zero-order valence-corrected chi connectivity index (χ0v) is 22.3. The van der Waals surface area contributed by atoms with Gasteiger partial charge in [0.25, 0.3) is 0 Å². The van der Waals surface area contributed by atoms with Crippen LogP contribution in [0.25, 0.3) is 55.8 Å². The van der Waals surface area contributed by atoms with Crippen LogP contribution in [0.2, 0.25) is 0 Å². The number of hydrogen-bond acceptors (Lipinski definition) is 6. The molecule has 0 saturated carbocycles. The van der Waals surface area contributed by atoms with Gasteiger partial charge in [-0.3, -0.25) is 19.9 Å². The quantitative estimate of drug-likeness (QED) is 0.236. The van der Waals surface area contributed by atoms with E-state index in [4.69, 9.17) is 9.72 Å². The fourth-order valence-electron chi connectivity index (χ4n) is 4.44. The number of nitrogens with zero attached hydrogens (tertiary/aromatic N) is 4. The SMILES string of the molecule is COc1cc(F)cc(-c2cccc3[nH]c(-c4n[nH]c5cnc(-c6cncc(NC(=O)C(C)(C)C)c6)cc45)nc23)c1.